The Labute approximate surface area is 120 Å². The summed E-state index contributed by atoms with van der Waals surface area (Å²) in [6, 6.07) is 16.5. The van der Waals surface area contributed by atoms with E-state index >= 15 is 0 Å². The van der Waals surface area contributed by atoms with Gasteiger partial charge in [-0.05, 0) is 36.5 Å². The van der Waals surface area contributed by atoms with Crippen LogP contribution < -0.4 is 0 Å². The Morgan fingerprint density at radius 1 is 1.00 bits per heavy atom. The van der Waals surface area contributed by atoms with Gasteiger partial charge in [-0.3, -0.25) is 0 Å². The molecule has 0 aromatic heterocycles. The molecule has 102 valence electrons. The molecule has 0 spiro atoms. The standard InChI is InChI=1S/C18H19NO/c1-3-15-6-8-16(9-7-15)12-18(19-13-20)17-10-4-14(2)5-11-17/h4-11,18H,3,12H2,1-2H3. The number of nitrogens with zero attached hydrogens (tertiary/aromatic N) is 1. The molecule has 0 aliphatic carbocycles. The van der Waals surface area contributed by atoms with Crippen LogP contribution in [0, 0.1) is 6.92 Å². The second-order valence-corrected chi connectivity index (χ2v) is 5.02. The van der Waals surface area contributed by atoms with Gasteiger partial charge in [0.2, 0.25) is 6.08 Å². The van der Waals surface area contributed by atoms with Crippen molar-refractivity contribution in [2.24, 2.45) is 4.99 Å². The topological polar surface area (TPSA) is 29.4 Å². The Morgan fingerprint density at radius 2 is 1.60 bits per heavy atom. The third kappa shape index (κ3) is 3.66. The van der Waals surface area contributed by atoms with Crippen molar-refractivity contribution in [1.29, 1.82) is 0 Å². The molecule has 0 N–H and O–H groups in total. The van der Waals surface area contributed by atoms with Crippen LogP contribution in [-0.2, 0) is 17.6 Å². The first-order chi connectivity index (χ1) is 9.72. The third-order valence-electron chi connectivity index (χ3n) is 3.53. The van der Waals surface area contributed by atoms with Crippen LogP contribution in [0.15, 0.2) is 53.5 Å². The monoisotopic (exact) mass is 265 g/mol. The van der Waals surface area contributed by atoms with E-state index in [1.807, 2.05) is 31.2 Å². The highest BCUT2D eigenvalue weighted by atomic mass is 16.1. The minimum absolute atomic E-state index is 0.152. The Balaban J connectivity index is 2.20. The summed E-state index contributed by atoms with van der Waals surface area (Å²) in [4.78, 5) is 14.6. The first-order valence-corrected chi connectivity index (χ1v) is 6.94. The summed E-state index contributed by atoms with van der Waals surface area (Å²) in [6.07, 6.45) is 3.46. The van der Waals surface area contributed by atoms with Crippen molar-refractivity contribution in [3.8, 4) is 0 Å². The van der Waals surface area contributed by atoms with Crippen molar-refractivity contribution < 1.29 is 4.79 Å². The number of benzene rings is 2. The Bertz CT molecular complexity index is 592. The van der Waals surface area contributed by atoms with E-state index in [0.29, 0.717) is 0 Å². The van der Waals surface area contributed by atoms with Crippen LogP contribution in [0.4, 0.5) is 0 Å². The van der Waals surface area contributed by atoms with Gasteiger partial charge in [-0.2, -0.15) is 4.99 Å². The van der Waals surface area contributed by atoms with E-state index < -0.39 is 0 Å². The van der Waals surface area contributed by atoms with Gasteiger partial charge in [-0.25, -0.2) is 4.79 Å². The fourth-order valence-corrected chi connectivity index (χ4v) is 2.22. The molecule has 0 saturated heterocycles. The maximum absolute atomic E-state index is 10.7. The number of carbonyl (C=O) groups excluding carboxylic acids is 1. The predicted octanol–water partition coefficient (Wildman–Crippen LogP) is 4.18. The molecule has 1 atom stereocenters. The zero-order valence-electron chi connectivity index (χ0n) is 12.0. The van der Waals surface area contributed by atoms with Crippen molar-refractivity contribution in [2.75, 3.05) is 0 Å². The number of hydrogen-bond acceptors (Lipinski definition) is 2. The largest absolute Gasteiger partial charge is 0.235 e. The molecule has 2 aromatic rings. The molecule has 0 heterocycles. The Kier molecular flexibility index (Phi) is 4.86. The molecule has 2 aromatic carbocycles. The van der Waals surface area contributed by atoms with Gasteiger partial charge in [0.1, 0.15) is 0 Å². The van der Waals surface area contributed by atoms with Crippen molar-refractivity contribution in [3.63, 3.8) is 0 Å². The Morgan fingerprint density at radius 3 is 2.15 bits per heavy atom. The molecule has 2 nitrogen and oxygen atoms in total. The molecule has 0 aliphatic heterocycles. The number of rotatable bonds is 5. The predicted molar refractivity (Wildman–Crippen MR) is 81.6 cm³/mol. The quantitative estimate of drug-likeness (QED) is 0.589. The summed E-state index contributed by atoms with van der Waals surface area (Å²) >= 11 is 0. The van der Waals surface area contributed by atoms with Gasteiger partial charge >= 0.3 is 0 Å². The fraction of sp³-hybridized carbons (Fsp3) is 0.278. The first-order valence-electron chi connectivity index (χ1n) is 6.94. The highest BCUT2D eigenvalue weighted by Gasteiger charge is 2.11. The maximum atomic E-state index is 10.7. The van der Waals surface area contributed by atoms with E-state index in [9.17, 15) is 4.79 Å². The van der Waals surface area contributed by atoms with Crippen molar-refractivity contribution in [2.45, 2.75) is 32.7 Å². The van der Waals surface area contributed by atoms with Gasteiger partial charge in [-0.1, -0.05) is 61.0 Å². The molecule has 1 unspecified atom stereocenters. The van der Waals surface area contributed by atoms with Crippen LogP contribution in [0.1, 0.15) is 35.2 Å². The lowest BCUT2D eigenvalue weighted by Gasteiger charge is -2.12. The SMILES string of the molecule is CCc1ccc(CC(N=C=O)c2ccc(C)cc2)cc1. The van der Waals surface area contributed by atoms with Crippen LogP contribution in [0.5, 0.6) is 0 Å². The van der Waals surface area contributed by atoms with Crippen molar-refractivity contribution >= 4 is 6.08 Å². The highest BCUT2D eigenvalue weighted by molar-refractivity contribution is 5.37. The van der Waals surface area contributed by atoms with Crippen LogP contribution in [-0.4, -0.2) is 6.08 Å². The minimum atomic E-state index is -0.152. The van der Waals surface area contributed by atoms with E-state index in [1.54, 1.807) is 6.08 Å². The zero-order chi connectivity index (χ0) is 14.4. The van der Waals surface area contributed by atoms with Gasteiger partial charge in [0.05, 0.1) is 6.04 Å². The summed E-state index contributed by atoms with van der Waals surface area (Å²) in [6.45, 7) is 4.19. The molecular formula is C18H19NO. The Hall–Kier alpha value is -2.18. The second kappa shape index (κ2) is 6.83. The van der Waals surface area contributed by atoms with Crippen molar-refractivity contribution in [1.82, 2.24) is 0 Å². The number of aryl methyl sites for hydroxylation is 2. The van der Waals surface area contributed by atoms with Gasteiger partial charge < -0.3 is 0 Å². The van der Waals surface area contributed by atoms with Gasteiger partial charge in [0, 0.05) is 0 Å². The fourth-order valence-electron chi connectivity index (χ4n) is 2.22. The van der Waals surface area contributed by atoms with Crippen LogP contribution in [0.3, 0.4) is 0 Å². The average molecular weight is 265 g/mol. The summed E-state index contributed by atoms with van der Waals surface area (Å²) in [5.74, 6) is 0. The molecule has 0 fully saturated rings. The highest BCUT2D eigenvalue weighted by Crippen LogP contribution is 2.22. The van der Waals surface area contributed by atoms with Crippen molar-refractivity contribution in [3.05, 3.63) is 70.8 Å². The smallest absolute Gasteiger partial charge is 0.211 e. The molecule has 0 amide bonds. The van der Waals surface area contributed by atoms with Gasteiger partial charge in [0.25, 0.3) is 0 Å². The van der Waals surface area contributed by atoms with Crippen LogP contribution in [0.2, 0.25) is 0 Å². The van der Waals surface area contributed by atoms with E-state index in [4.69, 9.17) is 0 Å². The molecule has 2 heteroatoms. The number of isocyanates is 1. The molecule has 0 bridgehead atoms. The maximum Gasteiger partial charge on any atom is 0.235 e. The first kappa shape index (κ1) is 14.2. The lowest BCUT2D eigenvalue weighted by molar-refractivity contribution is 0.557. The summed E-state index contributed by atoms with van der Waals surface area (Å²) in [5.41, 5.74) is 4.76. The van der Waals surface area contributed by atoms with E-state index in [2.05, 4.69) is 36.2 Å². The molecule has 20 heavy (non-hydrogen) atoms. The van der Waals surface area contributed by atoms with E-state index in [-0.39, 0.29) is 6.04 Å². The van der Waals surface area contributed by atoms with Crippen LogP contribution in [0.25, 0.3) is 0 Å². The van der Waals surface area contributed by atoms with Gasteiger partial charge in [-0.15, -0.1) is 0 Å². The van der Waals surface area contributed by atoms with E-state index in [0.717, 1.165) is 18.4 Å². The van der Waals surface area contributed by atoms with Gasteiger partial charge in [0.15, 0.2) is 0 Å². The summed E-state index contributed by atoms with van der Waals surface area (Å²) in [5, 5.41) is 0. The molecular weight excluding hydrogens is 246 g/mol. The summed E-state index contributed by atoms with van der Waals surface area (Å²) in [7, 11) is 0. The minimum Gasteiger partial charge on any atom is -0.211 e. The lowest BCUT2D eigenvalue weighted by Crippen LogP contribution is -2.00. The second-order valence-electron chi connectivity index (χ2n) is 5.02. The average Bonchev–Trinajstić information content (AvgIpc) is 2.48. The van der Waals surface area contributed by atoms with Crippen LogP contribution >= 0.6 is 0 Å². The normalized spacial score (nSPS) is 11.7. The molecule has 0 radical (unpaired) electrons. The number of aliphatic imine (C=N–C) groups is 1. The third-order valence-corrected chi connectivity index (χ3v) is 3.53. The molecule has 2 rings (SSSR count). The lowest BCUT2D eigenvalue weighted by atomic mass is 9.97. The number of hydrogen-bond donors (Lipinski definition) is 0. The molecule has 0 saturated carbocycles. The molecule has 0 aliphatic rings. The zero-order valence-corrected chi connectivity index (χ0v) is 12.0. The summed E-state index contributed by atoms with van der Waals surface area (Å²) < 4.78 is 0. The van der Waals surface area contributed by atoms with E-state index in [1.165, 1.54) is 16.7 Å².